The smallest absolute Gasteiger partial charge is 0.0207 e. The van der Waals surface area contributed by atoms with Gasteiger partial charge in [0.2, 0.25) is 0 Å². The number of benzene rings is 1. The summed E-state index contributed by atoms with van der Waals surface area (Å²) in [6.45, 7) is 5.83. The van der Waals surface area contributed by atoms with Crippen molar-refractivity contribution >= 4 is 15.9 Å². The van der Waals surface area contributed by atoms with Crippen molar-refractivity contribution in [3.05, 3.63) is 34.3 Å². The van der Waals surface area contributed by atoms with Crippen LogP contribution in [0.15, 0.2) is 28.7 Å². The third-order valence-electron chi connectivity index (χ3n) is 3.89. The van der Waals surface area contributed by atoms with Crippen LogP contribution in [0.1, 0.15) is 45.1 Å². The molecule has 0 aliphatic heterocycles. The summed E-state index contributed by atoms with van der Waals surface area (Å²) in [5, 5.41) is 3.70. The first-order valence-corrected chi connectivity index (χ1v) is 8.41. The van der Waals surface area contributed by atoms with Gasteiger partial charge in [-0.2, -0.15) is 0 Å². The second kappa shape index (κ2) is 7.44. The van der Waals surface area contributed by atoms with E-state index < -0.39 is 0 Å². The molecule has 1 aliphatic rings. The van der Waals surface area contributed by atoms with Gasteiger partial charge in [0.05, 0.1) is 0 Å². The molecule has 1 atom stereocenters. The van der Waals surface area contributed by atoms with E-state index in [0.717, 1.165) is 17.9 Å². The average Bonchev–Trinajstić information content (AvgIpc) is 3.19. The molecule has 0 bridgehead atoms. The van der Waals surface area contributed by atoms with Crippen molar-refractivity contribution in [3.63, 3.8) is 0 Å². The Morgan fingerprint density at radius 1 is 1.21 bits per heavy atom. The van der Waals surface area contributed by atoms with Crippen LogP contribution < -0.4 is 5.32 Å². The van der Waals surface area contributed by atoms with Crippen LogP contribution in [0.2, 0.25) is 0 Å². The molecule has 0 aromatic heterocycles. The minimum Gasteiger partial charge on any atom is -0.314 e. The summed E-state index contributed by atoms with van der Waals surface area (Å²) in [7, 11) is 0. The van der Waals surface area contributed by atoms with Gasteiger partial charge < -0.3 is 5.32 Å². The normalized spacial score (nSPS) is 16.8. The first kappa shape index (κ1) is 15.1. The lowest BCUT2D eigenvalue weighted by molar-refractivity contribution is 0.397. The van der Waals surface area contributed by atoms with E-state index in [2.05, 4.69) is 59.4 Å². The summed E-state index contributed by atoms with van der Waals surface area (Å²) in [6, 6.07) is 9.47. The fraction of sp³-hybridized carbons (Fsp3) is 0.647. The fourth-order valence-electron chi connectivity index (χ4n) is 2.44. The maximum absolute atomic E-state index is 3.70. The molecule has 2 heteroatoms. The van der Waals surface area contributed by atoms with Gasteiger partial charge in [0.15, 0.2) is 0 Å². The van der Waals surface area contributed by atoms with E-state index >= 15 is 0 Å². The van der Waals surface area contributed by atoms with Crippen molar-refractivity contribution in [2.24, 2.45) is 11.8 Å². The molecule has 0 saturated heterocycles. The van der Waals surface area contributed by atoms with Crippen molar-refractivity contribution in [1.29, 1.82) is 0 Å². The summed E-state index contributed by atoms with van der Waals surface area (Å²) in [5.41, 5.74) is 1.45. The summed E-state index contributed by atoms with van der Waals surface area (Å²) < 4.78 is 1.26. The SMILES string of the molecule is CC(C)CCC(CNC1CC1)Cc1ccccc1Br. The molecule has 19 heavy (non-hydrogen) atoms. The monoisotopic (exact) mass is 323 g/mol. The van der Waals surface area contributed by atoms with E-state index in [1.807, 2.05) is 0 Å². The highest BCUT2D eigenvalue weighted by atomic mass is 79.9. The maximum Gasteiger partial charge on any atom is 0.0207 e. The molecule has 1 aromatic carbocycles. The van der Waals surface area contributed by atoms with Crippen LogP contribution in [0.3, 0.4) is 0 Å². The largest absolute Gasteiger partial charge is 0.314 e. The number of hydrogen-bond donors (Lipinski definition) is 1. The number of hydrogen-bond acceptors (Lipinski definition) is 1. The van der Waals surface area contributed by atoms with E-state index in [1.165, 1.54) is 48.7 Å². The van der Waals surface area contributed by atoms with Gasteiger partial charge in [-0.05, 0) is 55.7 Å². The molecular formula is C17H26BrN. The van der Waals surface area contributed by atoms with Gasteiger partial charge in [0.25, 0.3) is 0 Å². The highest BCUT2D eigenvalue weighted by molar-refractivity contribution is 9.10. The molecular weight excluding hydrogens is 298 g/mol. The molecule has 0 spiro atoms. The lowest BCUT2D eigenvalue weighted by Gasteiger charge is -2.19. The second-order valence-electron chi connectivity index (χ2n) is 6.32. The van der Waals surface area contributed by atoms with E-state index in [1.54, 1.807) is 0 Å². The highest BCUT2D eigenvalue weighted by Gasteiger charge is 2.22. The minimum atomic E-state index is 0.765. The van der Waals surface area contributed by atoms with Gasteiger partial charge in [-0.1, -0.05) is 54.4 Å². The van der Waals surface area contributed by atoms with E-state index in [0.29, 0.717) is 0 Å². The zero-order chi connectivity index (χ0) is 13.7. The Hall–Kier alpha value is -0.340. The molecule has 1 N–H and O–H groups in total. The summed E-state index contributed by atoms with van der Waals surface area (Å²) in [6.07, 6.45) is 6.62. The fourth-order valence-corrected chi connectivity index (χ4v) is 2.89. The molecule has 1 aromatic rings. The topological polar surface area (TPSA) is 12.0 Å². The van der Waals surface area contributed by atoms with Crippen LogP contribution in [-0.4, -0.2) is 12.6 Å². The Morgan fingerprint density at radius 3 is 2.58 bits per heavy atom. The number of rotatable bonds is 8. The van der Waals surface area contributed by atoms with Crippen LogP contribution in [0.25, 0.3) is 0 Å². The first-order valence-electron chi connectivity index (χ1n) is 7.62. The molecule has 0 radical (unpaired) electrons. The number of halogens is 1. The van der Waals surface area contributed by atoms with Crippen molar-refractivity contribution in [2.75, 3.05) is 6.54 Å². The summed E-state index contributed by atoms with van der Waals surface area (Å²) in [4.78, 5) is 0. The van der Waals surface area contributed by atoms with Crippen LogP contribution in [0.5, 0.6) is 0 Å². The van der Waals surface area contributed by atoms with Crippen molar-refractivity contribution in [2.45, 2.75) is 52.0 Å². The Bertz CT molecular complexity index is 379. The third kappa shape index (κ3) is 5.66. The van der Waals surface area contributed by atoms with Crippen LogP contribution in [0.4, 0.5) is 0 Å². The zero-order valence-corrected chi connectivity index (χ0v) is 13.7. The van der Waals surface area contributed by atoms with Crippen molar-refractivity contribution in [1.82, 2.24) is 5.32 Å². The molecule has 2 rings (SSSR count). The van der Waals surface area contributed by atoms with E-state index in [9.17, 15) is 0 Å². The van der Waals surface area contributed by atoms with Crippen molar-refractivity contribution < 1.29 is 0 Å². The van der Waals surface area contributed by atoms with Crippen LogP contribution in [0, 0.1) is 11.8 Å². The lowest BCUT2D eigenvalue weighted by atomic mass is 9.92. The quantitative estimate of drug-likeness (QED) is 0.724. The summed E-state index contributed by atoms with van der Waals surface area (Å²) in [5.74, 6) is 1.57. The van der Waals surface area contributed by atoms with Gasteiger partial charge >= 0.3 is 0 Å². The van der Waals surface area contributed by atoms with Gasteiger partial charge in [0, 0.05) is 10.5 Å². The summed E-state index contributed by atoms with van der Waals surface area (Å²) >= 11 is 3.68. The average molecular weight is 324 g/mol. The lowest BCUT2D eigenvalue weighted by Crippen LogP contribution is -2.26. The van der Waals surface area contributed by atoms with E-state index in [-0.39, 0.29) is 0 Å². The van der Waals surface area contributed by atoms with Crippen LogP contribution >= 0.6 is 15.9 Å². The molecule has 1 unspecified atom stereocenters. The van der Waals surface area contributed by atoms with Gasteiger partial charge in [-0.3, -0.25) is 0 Å². The second-order valence-corrected chi connectivity index (χ2v) is 7.17. The minimum absolute atomic E-state index is 0.765. The predicted molar refractivity (Wildman–Crippen MR) is 86.4 cm³/mol. The first-order chi connectivity index (χ1) is 9.15. The van der Waals surface area contributed by atoms with E-state index in [4.69, 9.17) is 0 Å². The molecule has 1 nitrogen and oxygen atoms in total. The van der Waals surface area contributed by atoms with Gasteiger partial charge in [0.1, 0.15) is 0 Å². The molecule has 1 saturated carbocycles. The highest BCUT2D eigenvalue weighted by Crippen LogP contribution is 2.24. The number of nitrogens with one attached hydrogen (secondary N) is 1. The standard InChI is InChI=1S/C17H26BrN/c1-13(2)7-8-14(12-19-16-9-10-16)11-15-5-3-4-6-17(15)18/h3-6,13-14,16,19H,7-12H2,1-2H3. The van der Waals surface area contributed by atoms with Gasteiger partial charge in [-0.15, -0.1) is 0 Å². The molecule has 0 heterocycles. The third-order valence-corrected chi connectivity index (χ3v) is 4.66. The molecule has 106 valence electrons. The molecule has 1 aliphatic carbocycles. The molecule has 1 fully saturated rings. The maximum atomic E-state index is 3.70. The Balaban J connectivity index is 1.89. The Morgan fingerprint density at radius 2 is 1.95 bits per heavy atom. The predicted octanol–water partition coefficient (Wildman–Crippen LogP) is 4.80. The Kier molecular flexibility index (Phi) is 5.90. The van der Waals surface area contributed by atoms with Crippen LogP contribution in [-0.2, 0) is 6.42 Å². The van der Waals surface area contributed by atoms with Crippen molar-refractivity contribution in [3.8, 4) is 0 Å². The Labute approximate surface area is 126 Å². The zero-order valence-electron chi connectivity index (χ0n) is 12.2. The molecule has 0 amide bonds. The van der Waals surface area contributed by atoms with Gasteiger partial charge in [-0.25, -0.2) is 0 Å².